The number of nitriles is 1. The van der Waals surface area contributed by atoms with E-state index in [9.17, 15) is 40.8 Å². The number of esters is 1. The zero-order valence-corrected chi connectivity index (χ0v) is 16.8. The molecule has 3 aromatic rings. The topological polar surface area (TPSA) is 50.1 Å². The minimum absolute atomic E-state index is 0.00601. The molecule has 10 heteroatoms. The van der Waals surface area contributed by atoms with Gasteiger partial charge in [-0.25, -0.2) is 9.18 Å². The summed E-state index contributed by atoms with van der Waals surface area (Å²) >= 11 is 0. The maximum absolute atomic E-state index is 13.9. The Balaban J connectivity index is 1.85. The number of hydrogen-bond donors (Lipinski definition) is 0. The van der Waals surface area contributed by atoms with Crippen molar-refractivity contribution in [3.8, 4) is 11.8 Å². The smallest absolute Gasteiger partial charge is 0.416 e. The van der Waals surface area contributed by atoms with Crippen LogP contribution in [-0.4, -0.2) is 5.97 Å². The SMILES string of the molecule is N#C/C(=C/c1ccc(OC(=O)c2cc(C(F)(F)F)cc(C(F)(F)F)c2)cc1)c1ccccc1F. The summed E-state index contributed by atoms with van der Waals surface area (Å²) in [7, 11) is 0. The number of allylic oxidation sites excluding steroid dienone is 1. The Kier molecular flexibility index (Phi) is 6.77. The van der Waals surface area contributed by atoms with E-state index in [-0.39, 0.29) is 35.1 Å². The van der Waals surface area contributed by atoms with Crippen LogP contribution in [-0.2, 0) is 12.4 Å². The fourth-order valence-corrected chi connectivity index (χ4v) is 2.89. The monoisotopic (exact) mass is 479 g/mol. The quantitative estimate of drug-likeness (QED) is 0.131. The summed E-state index contributed by atoms with van der Waals surface area (Å²) in [6.45, 7) is 0. The standard InChI is InChI=1S/C24H12F7NO2/c25-21-4-2-1-3-20(21)16(13-32)9-14-5-7-19(8-6-14)34-22(33)15-10-17(23(26,27)28)12-18(11-15)24(29,30)31/h1-12H/b16-9-. The fourth-order valence-electron chi connectivity index (χ4n) is 2.89. The number of rotatable bonds is 4. The summed E-state index contributed by atoms with van der Waals surface area (Å²) in [6.07, 6.45) is -8.87. The second-order valence-electron chi connectivity index (χ2n) is 6.90. The zero-order chi connectivity index (χ0) is 25.1. The van der Waals surface area contributed by atoms with Crippen LogP contribution >= 0.6 is 0 Å². The number of carbonyl (C=O) groups is 1. The van der Waals surface area contributed by atoms with E-state index in [0.717, 1.165) is 0 Å². The zero-order valence-electron chi connectivity index (χ0n) is 16.8. The predicted molar refractivity (Wildman–Crippen MR) is 108 cm³/mol. The third kappa shape index (κ3) is 5.81. The molecule has 0 aliphatic carbocycles. The number of carbonyl (C=O) groups excluding carboxylic acids is 1. The molecule has 0 radical (unpaired) electrons. The normalized spacial score (nSPS) is 12.2. The highest BCUT2D eigenvalue weighted by Crippen LogP contribution is 2.36. The van der Waals surface area contributed by atoms with Crippen molar-refractivity contribution in [3.05, 3.63) is 100 Å². The largest absolute Gasteiger partial charge is 0.423 e. The molecule has 0 aliphatic rings. The molecule has 0 aliphatic heterocycles. The lowest BCUT2D eigenvalue weighted by Crippen LogP contribution is -2.15. The number of benzene rings is 3. The number of alkyl halides is 6. The van der Waals surface area contributed by atoms with Crippen LogP contribution in [0.4, 0.5) is 30.7 Å². The lowest BCUT2D eigenvalue weighted by Gasteiger charge is -2.14. The van der Waals surface area contributed by atoms with Crippen LogP contribution in [0.1, 0.15) is 32.6 Å². The van der Waals surface area contributed by atoms with Crippen LogP contribution < -0.4 is 4.74 Å². The Morgan fingerprint density at radius 3 is 1.91 bits per heavy atom. The van der Waals surface area contributed by atoms with Crippen LogP contribution in [0.2, 0.25) is 0 Å². The van der Waals surface area contributed by atoms with Gasteiger partial charge >= 0.3 is 18.3 Å². The Hall–Kier alpha value is -4.13. The van der Waals surface area contributed by atoms with E-state index in [1.54, 1.807) is 6.07 Å². The average molecular weight is 479 g/mol. The summed E-state index contributed by atoms with van der Waals surface area (Å²) in [5.41, 5.74) is -3.76. The maximum atomic E-state index is 13.9. The highest BCUT2D eigenvalue weighted by molar-refractivity contribution is 5.92. The molecule has 0 spiro atoms. The van der Waals surface area contributed by atoms with Gasteiger partial charge in [0.2, 0.25) is 0 Å². The van der Waals surface area contributed by atoms with Crippen molar-refractivity contribution in [2.75, 3.05) is 0 Å². The molecule has 0 heterocycles. The van der Waals surface area contributed by atoms with Crippen molar-refractivity contribution in [2.24, 2.45) is 0 Å². The van der Waals surface area contributed by atoms with Crippen molar-refractivity contribution >= 4 is 17.6 Å². The van der Waals surface area contributed by atoms with E-state index in [1.807, 2.05) is 6.07 Å². The van der Waals surface area contributed by atoms with Gasteiger partial charge in [-0.05, 0) is 48.0 Å². The first-order valence-electron chi connectivity index (χ1n) is 9.37. The van der Waals surface area contributed by atoms with E-state index < -0.39 is 40.8 Å². The summed E-state index contributed by atoms with van der Waals surface area (Å²) in [5, 5.41) is 9.31. The van der Waals surface area contributed by atoms with Crippen LogP contribution in [0.3, 0.4) is 0 Å². The van der Waals surface area contributed by atoms with E-state index in [0.29, 0.717) is 5.56 Å². The lowest BCUT2D eigenvalue weighted by molar-refractivity contribution is -0.143. The minimum Gasteiger partial charge on any atom is -0.423 e. The molecule has 0 aromatic heterocycles. The first kappa shape index (κ1) is 24.5. The van der Waals surface area contributed by atoms with Crippen molar-refractivity contribution < 1.29 is 40.3 Å². The second kappa shape index (κ2) is 9.39. The summed E-state index contributed by atoms with van der Waals surface area (Å²) in [6, 6.07) is 13.1. The summed E-state index contributed by atoms with van der Waals surface area (Å²) in [4.78, 5) is 12.3. The molecule has 0 atom stereocenters. The molecule has 0 saturated heterocycles. The molecular formula is C24H12F7NO2. The molecule has 0 N–H and O–H groups in total. The molecule has 34 heavy (non-hydrogen) atoms. The van der Waals surface area contributed by atoms with E-state index in [1.165, 1.54) is 48.5 Å². The molecule has 0 bridgehead atoms. The third-order valence-corrected chi connectivity index (χ3v) is 4.51. The highest BCUT2D eigenvalue weighted by atomic mass is 19.4. The van der Waals surface area contributed by atoms with E-state index in [4.69, 9.17) is 4.74 Å². The Morgan fingerprint density at radius 2 is 1.41 bits per heavy atom. The number of nitrogens with zero attached hydrogens (tertiary/aromatic N) is 1. The molecule has 3 nitrogen and oxygen atoms in total. The van der Waals surface area contributed by atoms with Gasteiger partial charge in [-0.2, -0.15) is 31.6 Å². The van der Waals surface area contributed by atoms with Crippen molar-refractivity contribution in [1.29, 1.82) is 5.26 Å². The Labute approximate surface area is 188 Å². The molecule has 0 saturated carbocycles. The first-order valence-corrected chi connectivity index (χ1v) is 9.37. The molecule has 0 amide bonds. The van der Waals surface area contributed by atoms with Gasteiger partial charge in [-0.15, -0.1) is 0 Å². The van der Waals surface area contributed by atoms with Gasteiger partial charge in [0.05, 0.1) is 28.3 Å². The van der Waals surface area contributed by atoms with Crippen molar-refractivity contribution in [1.82, 2.24) is 0 Å². The van der Waals surface area contributed by atoms with Crippen molar-refractivity contribution in [2.45, 2.75) is 12.4 Å². The predicted octanol–water partition coefficient (Wildman–Crippen LogP) is 7.15. The van der Waals surface area contributed by atoms with Crippen LogP contribution in [0.5, 0.6) is 5.75 Å². The van der Waals surface area contributed by atoms with Gasteiger partial charge in [0.1, 0.15) is 11.6 Å². The molecule has 3 rings (SSSR count). The summed E-state index contributed by atoms with van der Waals surface area (Å²) < 4.78 is 96.7. The number of ether oxygens (including phenoxy) is 1. The average Bonchev–Trinajstić information content (AvgIpc) is 2.77. The van der Waals surface area contributed by atoms with Crippen LogP contribution in [0.25, 0.3) is 11.6 Å². The minimum atomic E-state index is -5.11. The fraction of sp³-hybridized carbons (Fsp3) is 0.0833. The van der Waals surface area contributed by atoms with Crippen molar-refractivity contribution in [3.63, 3.8) is 0 Å². The Morgan fingerprint density at radius 1 is 0.853 bits per heavy atom. The van der Waals surface area contributed by atoms with E-state index >= 15 is 0 Å². The first-order chi connectivity index (χ1) is 15.9. The number of halogens is 7. The summed E-state index contributed by atoms with van der Waals surface area (Å²) in [5.74, 6) is -2.21. The highest BCUT2D eigenvalue weighted by Gasteiger charge is 2.37. The molecule has 174 valence electrons. The van der Waals surface area contributed by atoms with Gasteiger partial charge in [-0.1, -0.05) is 30.3 Å². The van der Waals surface area contributed by atoms with E-state index in [2.05, 4.69) is 0 Å². The molecule has 3 aromatic carbocycles. The third-order valence-electron chi connectivity index (χ3n) is 4.51. The van der Waals surface area contributed by atoms with Gasteiger partial charge in [-0.3, -0.25) is 0 Å². The molecule has 0 fully saturated rings. The number of hydrogen-bond acceptors (Lipinski definition) is 3. The molecule has 0 unspecified atom stereocenters. The maximum Gasteiger partial charge on any atom is 0.416 e. The van der Waals surface area contributed by atoms with Crippen LogP contribution in [0, 0.1) is 17.1 Å². The van der Waals surface area contributed by atoms with Crippen LogP contribution in [0.15, 0.2) is 66.7 Å². The van der Waals surface area contributed by atoms with Gasteiger partial charge in [0, 0.05) is 5.56 Å². The van der Waals surface area contributed by atoms with Gasteiger partial charge < -0.3 is 4.74 Å². The van der Waals surface area contributed by atoms with Gasteiger partial charge in [0.25, 0.3) is 0 Å². The van der Waals surface area contributed by atoms with Gasteiger partial charge in [0.15, 0.2) is 0 Å². The second-order valence-corrected chi connectivity index (χ2v) is 6.90. The Bertz CT molecular complexity index is 1250. The lowest BCUT2D eigenvalue weighted by atomic mass is 10.0. The molecular weight excluding hydrogens is 467 g/mol.